The third-order valence-corrected chi connectivity index (χ3v) is 6.21. The van der Waals surface area contributed by atoms with Gasteiger partial charge in [0.1, 0.15) is 11.3 Å². The van der Waals surface area contributed by atoms with Crippen molar-refractivity contribution < 1.29 is 18.7 Å². The lowest BCUT2D eigenvalue weighted by molar-refractivity contribution is -0.119. The molecule has 1 unspecified atom stereocenters. The highest BCUT2D eigenvalue weighted by molar-refractivity contribution is 6.31. The number of carbonyl (C=O) groups is 2. The Balaban J connectivity index is 1.63. The first kappa shape index (κ1) is 22.7. The zero-order valence-corrected chi connectivity index (χ0v) is 19.5. The van der Waals surface area contributed by atoms with E-state index in [1.807, 2.05) is 31.2 Å². The molecule has 0 bridgehead atoms. The first-order valence-corrected chi connectivity index (χ1v) is 11.3. The quantitative estimate of drug-likeness (QED) is 0.434. The Bertz CT molecular complexity index is 1510. The summed E-state index contributed by atoms with van der Waals surface area (Å²) in [6.45, 7) is 2.02. The monoisotopic (exact) mass is 488 g/mol. The van der Waals surface area contributed by atoms with E-state index >= 15 is 0 Å². The molecule has 1 aromatic heterocycles. The number of ether oxygens (including phenoxy) is 1. The van der Waals surface area contributed by atoms with Gasteiger partial charge in [-0.25, -0.2) is 0 Å². The fourth-order valence-electron chi connectivity index (χ4n) is 4.29. The van der Waals surface area contributed by atoms with Gasteiger partial charge in [0, 0.05) is 11.6 Å². The number of rotatable bonds is 6. The maximum atomic E-state index is 13.6. The Kier molecular flexibility index (Phi) is 5.78. The molecule has 1 aliphatic heterocycles. The van der Waals surface area contributed by atoms with Crippen LogP contribution in [0.2, 0.25) is 5.02 Å². The molecule has 0 fully saturated rings. The number of aryl methyl sites for hydroxylation is 1. The van der Waals surface area contributed by atoms with Gasteiger partial charge >= 0.3 is 0 Å². The predicted octanol–water partition coefficient (Wildman–Crippen LogP) is 4.36. The van der Waals surface area contributed by atoms with Crippen LogP contribution < -0.4 is 15.9 Å². The molecule has 35 heavy (non-hydrogen) atoms. The molecule has 1 aliphatic rings. The van der Waals surface area contributed by atoms with Gasteiger partial charge in [0.2, 0.25) is 5.76 Å². The van der Waals surface area contributed by atoms with Gasteiger partial charge in [-0.15, -0.1) is 0 Å². The summed E-state index contributed by atoms with van der Waals surface area (Å²) in [6, 6.07) is 18.8. The minimum Gasteiger partial charge on any atom is -0.484 e. The van der Waals surface area contributed by atoms with Crippen LogP contribution in [0.5, 0.6) is 5.75 Å². The number of primary amides is 1. The van der Waals surface area contributed by atoms with Crippen LogP contribution in [0.3, 0.4) is 0 Å². The molecule has 0 spiro atoms. The molecule has 176 valence electrons. The largest absolute Gasteiger partial charge is 0.484 e. The summed E-state index contributed by atoms with van der Waals surface area (Å²) in [5, 5.41) is 0.714. The van der Waals surface area contributed by atoms with Gasteiger partial charge in [0.25, 0.3) is 11.8 Å². The molecule has 2 heterocycles. The van der Waals surface area contributed by atoms with E-state index in [2.05, 4.69) is 0 Å². The van der Waals surface area contributed by atoms with E-state index in [-0.39, 0.29) is 35.8 Å². The van der Waals surface area contributed by atoms with E-state index in [1.165, 1.54) is 0 Å². The SMILES string of the molecule is Cc1ccc(CN2C(=O)c3oc4ccc(Cl)cc4c(=O)c3C2c2ccc(OCC(N)=O)cc2)cc1. The molecule has 2 N–H and O–H groups in total. The zero-order valence-electron chi connectivity index (χ0n) is 18.8. The molecule has 0 saturated heterocycles. The average Bonchev–Trinajstić information content (AvgIpc) is 3.11. The number of carbonyl (C=O) groups excluding carboxylic acids is 2. The van der Waals surface area contributed by atoms with Gasteiger partial charge in [-0.1, -0.05) is 53.6 Å². The average molecular weight is 489 g/mol. The molecule has 3 aromatic carbocycles. The van der Waals surface area contributed by atoms with Gasteiger partial charge in [-0.2, -0.15) is 0 Å². The van der Waals surface area contributed by atoms with Gasteiger partial charge in [-0.05, 0) is 48.4 Å². The number of hydrogen-bond acceptors (Lipinski definition) is 5. The van der Waals surface area contributed by atoms with Crippen molar-refractivity contribution in [2.75, 3.05) is 6.61 Å². The van der Waals surface area contributed by atoms with E-state index in [1.54, 1.807) is 47.4 Å². The Labute approximate surface area is 205 Å². The van der Waals surface area contributed by atoms with Crippen molar-refractivity contribution in [2.24, 2.45) is 5.73 Å². The molecule has 2 amide bonds. The van der Waals surface area contributed by atoms with Gasteiger partial charge in [0.05, 0.1) is 17.0 Å². The zero-order chi connectivity index (χ0) is 24.7. The lowest BCUT2D eigenvalue weighted by Gasteiger charge is -2.25. The van der Waals surface area contributed by atoms with Crippen molar-refractivity contribution >= 4 is 34.4 Å². The maximum absolute atomic E-state index is 13.6. The highest BCUT2D eigenvalue weighted by atomic mass is 35.5. The molecule has 0 aliphatic carbocycles. The van der Waals surface area contributed by atoms with Crippen molar-refractivity contribution in [1.82, 2.24) is 4.90 Å². The third kappa shape index (κ3) is 4.26. The molecular formula is C27H21ClN2O5. The third-order valence-electron chi connectivity index (χ3n) is 5.98. The van der Waals surface area contributed by atoms with E-state index in [4.69, 9.17) is 26.5 Å². The van der Waals surface area contributed by atoms with Crippen molar-refractivity contribution in [1.29, 1.82) is 0 Å². The molecule has 1 atom stereocenters. The lowest BCUT2D eigenvalue weighted by atomic mass is 9.98. The number of benzene rings is 3. The smallest absolute Gasteiger partial charge is 0.291 e. The summed E-state index contributed by atoms with van der Waals surface area (Å²) in [4.78, 5) is 39.8. The number of halogens is 1. The van der Waals surface area contributed by atoms with Crippen molar-refractivity contribution in [3.63, 3.8) is 0 Å². The predicted molar refractivity (Wildman–Crippen MR) is 132 cm³/mol. The van der Waals surface area contributed by atoms with Crippen LogP contribution in [0.1, 0.15) is 38.9 Å². The standard InChI is InChI=1S/C27H21ClN2O5/c1-15-2-4-16(5-3-15)13-30-24(17-6-9-19(10-7-17)34-14-22(29)31)23-25(32)20-12-18(28)8-11-21(20)35-26(23)27(30)33/h2-12,24H,13-14H2,1H3,(H2,29,31). The summed E-state index contributed by atoms with van der Waals surface area (Å²) >= 11 is 6.14. The van der Waals surface area contributed by atoms with E-state index < -0.39 is 11.9 Å². The summed E-state index contributed by atoms with van der Waals surface area (Å²) in [6.07, 6.45) is 0. The Hall–Kier alpha value is -4.10. The molecule has 5 rings (SSSR count). The van der Waals surface area contributed by atoms with Gasteiger partial charge in [0.15, 0.2) is 12.0 Å². The molecule has 4 aromatic rings. The Morgan fingerprint density at radius 1 is 1.06 bits per heavy atom. The van der Waals surface area contributed by atoms with Crippen molar-refractivity contribution in [3.8, 4) is 5.75 Å². The number of amides is 2. The summed E-state index contributed by atoms with van der Waals surface area (Å²) in [5.74, 6) is -0.485. The summed E-state index contributed by atoms with van der Waals surface area (Å²) in [5.41, 5.74) is 8.14. The molecule has 8 heteroatoms. The fraction of sp³-hybridized carbons (Fsp3) is 0.148. The van der Waals surface area contributed by atoms with Gasteiger partial charge < -0.3 is 19.8 Å². The number of nitrogens with zero attached hydrogens (tertiary/aromatic N) is 1. The van der Waals surface area contributed by atoms with Gasteiger partial charge in [-0.3, -0.25) is 14.4 Å². The van der Waals surface area contributed by atoms with Crippen LogP contribution in [0.4, 0.5) is 0 Å². The highest BCUT2D eigenvalue weighted by Gasteiger charge is 2.42. The van der Waals surface area contributed by atoms with Crippen LogP contribution in [0, 0.1) is 6.92 Å². The number of fused-ring (bicyclic) bond motifs is 2. The summed E-state index contributed by atoms with van der Waals surface area (Å²) < 4.78 is 11.3. The second-order valence-corrected chi connectivity index (χ2v) is 8.90. The Morgan fingerprint density at radius 3 is 2.46 bits per heavy atom. The second-order valence-electron chi connectivity index (χ2n) is 8.46. The minimum atomic E-state index is -0.677. The van der Waals surface area contributed by atoms with Crippen LogP contribution in [-0.2, 0) is 11.3 Å². The molecule has 0 saturated carbocycles. The van der Waals surface area contributed by atoms with Crippen LogP contribution >= 0.6 is 11.6 Å². The lowest BCUT2D eigenvalue weighted by Crippen LogP contribution is -2.29. The van der Waals surface area contributed by atoms with Crippen LogP contribution in [0.15, 0.2) is 75.9 Å². The summed E-state index contributed by atoms with van der Waals surface area (Å²) in [7, 11) is 0. The van der Waals surface area contributed by atoms with Crippen molar-refractivity contribution in [2.45, 2.75) is 19.5 Å². The number of nitrogens with two attached hydrogens (primary N) is 1. The van der Waals surface area contributed by atoms with E-state index in [9.17, 15) is 14.4 Å². The normalized spacial score (nSPS) is 14.9. The molecule has 0 radical (unpaired) electrons. The number of hydrogen-bond donors (Lipinski definition) is 1. The first-order valence-electron chi connectivity index (χ1n) is 11.0. The van der Waals surface area contributed by atoms with Crippen molar-refractivity contribution in [3.05, 3.63) is 110 Å². The first-order chi connectivity index (χ1) is 16.8. The Morgan fingerprint density at radius 2 is 1.77 bits per heavy atom. The highest BCUT2D eigenvalue weighted by Crippen LogP contribution is 2.39. The maximum Gasteiger partial charge on any atom is 0.291 e. The van der Waals surface area contributed by atoms with Crippen LogP contribution in [0.25, 0.3) is 11.0 Å². The molecular weight excluding hydrogens is 468 g/mol. The van der Waals surface area contributed by atoms with E-state index in [0.717, 1.165) is 11.1 Å². The minimum absolute atomic E-state index is 0.0241. The topological polar surface area (TPSA) is 103 Å². The van der Waals surface area contributed by atoms with E-state index in [0.29, 0.717) is 27.3 Å². The molecule has 7 nitrogen and oxygen atoms in total. The van der Waals surface area contributed by atoms with Crippen LogP contribution in [-0.4, -0.2) is 23.3 Å². The second kappa shape index (κ2) is 8.92. The fourth-order valence-corrected chi connectivity index (χ4v) is 4.47.